The van der Waals surface area contributed by atoms with Crippen molar-refractivity contribution in [3.05, 3.63) is 95.8 Å². The van der Waals surface area contributed by atoms with Gasteiger partial charge in [0.2, 0.25) is 0 Å². The molecular weight excluding hydrogens is 434 g/mol. The predicted octanol–water partition coefficient (Wildman–Crippen LogP) is 3.82. The van der Waals surface area contributed by atoms with Gasteiger partial charge in [0, 0.05) is 17.3 Å². The van der Waals surface area contributed by atoms with Gasteiger partial charge in [-0.2, -0.15) is 0 Å². The number of carbonyl (C=O) groups excluding carboxylic acids is 2. The summed E-state index contributed by atoms with van der Waals surface area (Å²) in [5, 5.41) is 12.7. The van der Waals surface area contributed by atoms with E-state index in [9.17, 15) is 19.5 Å². The van der Waals surface area contributed by atoms with E-state index in [4.69, 9.17) is 4.74 Å². The molecule has 2 aromatic carbocycles. The average Bonchev–Trinajstić information content (AvgIpc) is 2.87. The van der Waals surface area contributed by atoms with E-state index >= 15 is 0 Å². The molecular formula is C26H25N3O5. The largest absolute Gasteiger partial charge is 0.480 e. The van der Waals surface area contributed by atoms with Gasteiger partial charge in [0.1, 0.15) is 11.7 Å². The van der Waals surface area contributed by atoms with Crippen molar-refractivity contribution in [3.63, 3.8) is 0 Å². The van der Waals surface area contributed by atoms with E-state index in [0.717, 1.165) is 0 Å². The molecule has 0 aliphatic carbocycles. The smallest absolute Gasteiger partial charge is 0.328 e. The maximum atomic E-state index is 12.8. The van der Waals surface area contributed by atoms with Crippen molar-refractivity contribution >= 4 is 29.2 Å². The highest BCUT2D eigenvalue weighted by Gasteiger charge is 2.26. The Morgan fingerprint density at radius 1 is 1.00 bits per heavy atom. The Balaban J connectivity index is 2.06. The van der Waals surface area contributed by atoms with Crippen LogP contribution in [-0.2, 0) is 14.3 Å². The van der Waals surface area contributed by atoms with Crippen LogP contribution < -0.4 is 5.32 Å². The van der Waals surface area contributed by atoms with Crippen molar-refractivity contribution in [3.8, 4) is 0 Å². The summed E-state index contributed by atoms with van der Waals surface area (Å²) in [7, 11) is 1.26. The number of carbonyl (C=O) groups is 3. The van der Waals surface area contributed by atoms with Crippen molar-refractivity contribution in [2.24, 2.45) is 10.9 Å². The Morgan fingerprint density at radius 3 is 2.32 bits per heavy atom. The Kier molecular flexibility index (Phi) is 8.23. The highest BCUT2D eigenvalue weighted by Crippen LogP contribution is 2.23. The summed E-state index contributed by atoms with van der Waals surface area (Å²) in [5.41, 5.74) is 2.27. The number of amides is 1. The Bertz CT molecular complexity index is 1180. The number of aromatic nitrogens is 1. The first-order chi connectivity index (χ1) is 16.4. The summed E-state index contributed by atoms with van der Waals surface area (Å²) in [6.45, 7) is 1.60. The molecule has 174 valence electrons. The maximum absolute atomic E-state index is 12.8. The highest BCUT2D eigenvalue weighted by atomic mass is 16.5. The molecule has 0 saturated heterocycles. The fraction of sp³-hybridized carbons (Fsp3) is 0.192. The minimum Gasteiger partial charge on any atom is -0.480 e. The van der Waals surface area contributed by atoms with Gasteiger partial charge in [0.15, 0.2) is 0 Å². The van der Waals surface area contributed by atoms with Crippen LogP contribution in [-0.4, -0.2) is 46.8 Å². The van der Waals surface area contributed by atoms with Crippen LogP contribution in [0.1, 0.15) is 35.0 Å². The average molecular weight is 460 g/mol. The molecule has 2 N–H and O–H groups in total. The molecule has 0 radical (unpaired) electrons. The lowest BCUT2D eigenvalue weighted by Crippen LogP contribution is -2.27. The van der Waals surface area contributed by atoms with E-state index in [1.165, 1.54) is 13.3 Å². The minimum atomic E-state index is -1.20. The number of carboxylic acids is 1. The van der Waals surface area contributed by atoms with Crippen LogP contribution in [0.5, 0.6) is 0 Å². The Hall–Kier alpha value is -4.33. The number of carboxylic acid groups (broad SMARTS) is 1. The minimum absolute atomic E-state index is 0.0409. The molecule has 0 aliphatic heterocycles. The molecule has 8 nitrogen and oxygen atoms in total. The molecule has 3 aromatic rings. The number of ether oxygens (including phenoxy) is 1. The molecule has 2 atom stereocenters. The van der Waals surface area contributed by atoms with Gasteiger partial charge < -0.3 is 15.2 Å². The lowest BCUT2D eigenvalue weighted by molar-refractivity contribution is -0.146. The van der Waals surface area contributed by atoms with E-state index < -0.39 is 29.8 Å². The number of nitrogens with one attached hydrogen (secondary N) is 1. The molecule has 0 fully saturated rings. The standard InChI is InChI=1S/C26H25N3O5/c1-17(26(33)34-2)16-22(25(31)32)28-23(18-10-4-3-5-11-18)19-12-6-7-13-20(19)29-24(30)21-14-8-9-15-27-21/h3-15,17,22H,16H2,1-2H3,(H,29,30)(H,31,32)/t17-,22+/m1/s1. The second-order valence-corrected chi connectivity index (χ2v) is 7.57. The zero-order valence-electron chi connectivity index (χ0n) is 18.8. The quantitative estimate of drug-likeness (QED) is 0.371. The highest BCUT2D eigenvalue weighted by molar-refractivity contribution is 6.18. The van der Waals surface area contributed by atoms with E-state index in [1.807, 2.05) is 18.2 Å². The van der Waals surface area contributed by atoms with Crippen molar-refractivity contribution in [1.82, 2.24) is 4.98 Å². The third-order valence-corrected chi connectivity index (χ3v) is 5.13. The zero-order chi connectivity index (χ0) is 24.5. The molecule has 0 spiro atoms. The van der Waals surface area contributed by atoms with Crippen molar-refractivity contribution in [1.29, 1.82) is 0 Å². The van der Waals surface area contributed by atoms with Crippen LogP contribution in [0, 0.1) is 5.92 Å². The molecule has 0 saturated carbocycles. The first-order valence-corrected chi connectivity index (χ1v) is 10.7. The molecule has 34 heavy (non-hydrogen) atoms. The molecule has 3 rings (SSSR count). The summed E-state index contributed by atoms with van der Waals surface area (Å²) in [4.78, 5) is 45.3. The molecule has 0 bridgehead atoms. The van der Waals surface area contributed by atoms with Crippen molar-refractivity contribution in [2.45, 2.75) is 19.4 Å². The van der Waals surface area contributed by atoms with Crippen LogP contribution in [0.4, 0.5) is 5.69 Å². The topological polar surface area (TPSA) is 118 Å². The third kappa shape index (κ3) is 6.13. The SMILES string of the molecule is COC(=O)[C@H](C)C[C@H](N=C(c1ccccc1)c1ccccc1NC(=O)c1ccccn1)C(=O)O. The first kappa shape index (κ1) is 24.3. The van der Waals surface area contributed by atoms with Gasteiger partial charge in [-0.25, -0.2) is 4.79 Å². The number of hydrogen-bond donors (Lipinski definition) is 2. The number of anilines is 1. The first-order valence-electron chi connectivity index (χ1n) is 10.7. The lowest BCUT2D eigenvalue weighted by Gasteiger charge is -2.17. The number of rotatable bonds is 9. The van der Waals surface area contributed by atoms with Gasteiger partial charge in [0.25, 0.3) is 5.91 Å². The van der Waals surface area contributed by atoms with Gasteiger partial charge in [-0.05, 0) is 24.6 Å². The van der Waals surface area contributed by atoms with E-state index in [1.54, 1.807) is 61.5 Å². The molecule has 1 amide bonds. The number of para-hydroxylation sites is 1. The molecule has 0 unspecified atom stereocenters. The van der Waals surface area contributed by atoms with Gasteiger partial charge >= 0.3 is 11.9 Å². The number of pyridine rings is 1. The van der Waals surface area contributed by atoms with Crippen molar-refractivity contribution < 1.29 is 24.2 Å². The number of methoxy groups -OCH3 is 1. The van der Waals surface area contributed by atoms with Crippen LogP contribution >= 0.6 is 0 Å². The van der Waals surface area contributed by atoms with Crippen molar-refractivity contribution in [2.75, 3.05) is 12.4 Å². The summed E-state index contributed by atoms with van der Waals surface area (Å²) >= 11 is 0. The number of esters is 1. The Morgan fingerprint density at radius 2 is 1.68 bits per heavy atom. The summed E-state index contributed by atoms with van der Waals surface area (Å²) in [6, 6.07) is 19.9. The summed E-state index contributed by atoms with van der Waals surface area (Å²) in [6.07, 6.45) is 1.48. The fourth-order valence-corrected chi connectivity index (χ4v) is 3.37. The summed E-state index contributed by atoms with van der Waals surface area (Å²) < 4.78 is 4.74. The van der Waals surface area contributed by atoms with E-state index in [2.05, 4.69) is 15.3 Å². The fourth-order valence-electron chi connectivity index (χ4n) is 3.37. The third-order valence-electron chi connectivity index (χ3n) is 5.13. The number of aliphatic carboxylic acids is 1. The second-order valence-electron chi connectivity index (χ2n) is 7.57. The van der Waals surface area contributed by atoms with E-state index in [0.29, 0.717) is 22.5 Å². The normalized spacial score (nSPS) is 12.9. The monoisotopic (exact) mass is 459 g/mol. The number of aliphatic imine (C=N–C) groups is 1. The molecule has 1 aromatic heterocycles. The van der Waals surface area contributed by atoms with Gasteiger partial charge in [-0.15, -0.1) is 0 Å². The molecule has 8 heteroatoms. The lowest BCUT2D eigenvalue weighted by atomic mass is 9.98. The number of benzene rings is 2. The predicted molar refractivity (Wildman–Crippen MR) is 128 cm³/mol. The van der Waals surface area contributed by atoms with E-state index in [-0.39, 0.29) is 12.1 Å². The van der Waals surface area contributed by atoms with Crippen LogP contribution in [0.2, 0.25) is 0 Å². The maximum Gasteiger partial charge on any atom is 0.328 e. The van der Waals surface area contributed by atoms with Crippen LogP contribution in [0.25, 0.3) is 0 Å². The number of nitrogens with zero attached hydrogens (tertiary/aromatic N) is 2. The number of hydrogen-bond acceptors (Lipinski definition) is 6. The zero-order valence-corrected chi connectivity index (χ0v) is 18.8. The summed E-state index contributed by atoms with van der Waals surface area (Å²) in [5.74, 6) is -2.74. The Labute approximate surface area is 197 Å². The van der Waals surface area contributed by atoms with Crippen LogP contribution in [0.15, 0.2) is 84.0 Å². The molecule has 0 aliphatic rings. The van der Waals surface area contributed by atoms with Gasteiger partial charge in [-0.1, -0.05) is 61.5 Å². The van der Waals surface area contributed by atoms with Gasteiger partial charge in [-0.3, -0.25) is 19.6 Å². The van der Waals surface area contributed by atoms with Crippen LogP contribution in [0.3, 0.4) is 0 Å². The second kappa shape index (κ2) is 11.5. The molecule has 1 heterocycles. The van der Waals surface area contributed by atoms with Gasteiger partial charge in [0.05, 0.1) is 24.4 Å².